The first kappa shape index (κ1) is 19.7. The average Bonchev–Trinajstić information content (AvgIpc) is 3.43. The fourth-order valence-corrected chi connectivity index (χ4v) is 3.17. The number of halogens is 1. The Labute approximate surface area is 156 Å². The molecule has 0 aromatic heterocycles. The second-order valence-corrected chi connectivity index (χ2v) is 7.20. The van der Waals surface area contributed by atoms with Crippen molar-refractivity contribution in [1.82, 2.24) is 15.1 Å². The van der Waals surface area contributed by atoms with Gasteiger partial charge in [0.2, 0.25) is 0 Å². The lowest BCUT2D eigenvalue weighted by molar-refractivity contribution is 0.0705. The van der Waals surface area contributed by atoms with Crippen molar-refractivity contribution in [1.29, 1.82) is 0 Å². The SMILES string of the molecule is CN(C)C(=O)c1cccc(C(=O)N2CCC(NCC3CC3)CC2)c1.Cl. The fraction of sp³-hybridized carbons (Fsp3) is 0.579. The molecule has 1 N–H and O–H groups in total. The zero-order chi connectivity index (χ0) is 17.1. The van der Waals surface area contributed by atoms with Gasteiger partial charge in [-0.2, -0.15) is 0 Å². The second kappa shape index (κ2) is 8.68. The molecular formula is C19H28ClN3O2. The van der Waals surface area contributed by atoms with Crippen LogP contribution in [-0.4, -0.2) is 61.4 Å². The van der Waals surface area contributed by atoms with E-state index in [9.17, 15) is 9.59 Å². The third-order valence-electron chi connectivity index (χ3n) is 4.94. The third kappa shape index (κ3) is 5.19. The van der Waals surface area contributed by atoms with Gasteiger partial charge in [0.05, 0.1) is 0 Å². The zero-order valence-corrected chi connectivity index (χ0v) is 15.8. The highest BCUT2D eigenvalue weighted by Gasteiger charge is 2.26. The van der Waals surface area contributed by atoms with E-state index in [1.807, 2.05) is 4.90 Å². The van der Waals surface area contributed by atoms with Crippen molar-refractivity contribution in [3.8, 4) is 0 Å². The lowest BCUT2D eigenvalue weighted by Gasteiger charge is -2.32. The van der Waals surface area contributed by atoms with Gasteiger partial charge >= 0.3 is 0 Å². The lowest BCUT2D eigenvalue weighted by atomic mass is 10.0. The molecule has 5 nitrogen and oxygen atoms in total. The average molecular weight is 366 g/mol. The third-order valence-corrected chi connectivity index (χ3v) is 4.94. The largest absolute Gasteiger partial charge is 0.345 e. The summed E-state index contributed by atoms with van der Waals surface area (Å²) in [6.07, 6.45) is 4.75. The highest BCUT2D eigenvalue weighted by atomic mass is 35.5. The first-order chi connectivity index (χ1) is 11.5. The van der Waals surface area contributed by atoms with Gasteiger partial charge in [-0.1, -0.05) is 6.07 Å². The molecule has 1 aliphatic carbocycles. The van der Waals surface area contributed by atoms with Crippen molar-refractivity contribution in [3.05, 3.63) is 35.4 Å². The molecule has 2 fully saturated rings. The Morgan fingerprint density at radius 2 is 1.76 bits per heavy atom. The van der Waals surface area contributed by atoms with Crippen LogP contribution >= 0.6 is 12.4 Å². The van der Waals surface area contributed by atoms with Gasteiger partial charge in [-0.15, -0.1) is 12.4 Å². The molecule has 6 heteroatoms. The van der Waals surface area contributed by atoms with Crippen molar-refractivity contribution in [2.75, 3.05) is 33.7 Å². The molecule has 2 aliphatic rings. The minimum Gasteiger partial charge on any atom is -0.345 e. The Balaban J connectivity index is 0.00000225. The van der Waals surface area contributed by atoms with Crippen LogP contribution in [0.25, 0.3) is 0 Å². The van der Waals surface area contributed by atoms with E-state index < -0.39 is 0 Å². The van der Waals surface area contributed by atoms with Crippen LogP contribution in [0.1, 0.15) is 46.4 Å². The highest BCUT2D eigenvalue weighted by Crippen LogP contribution is 2.28. The Hall–Kier alpha value is -1.59. The summed E-state index contributed by atoms with van der Waals surface area (Å²) in [5, 5.41) is 3.63. The van der Waals surface area contributed by atoms with E-state index in [4.69, 9.17) is 0 Å². The zero-order valence-electron chi connectivity index (χ0n) is 15.0. The summed E-state index contributed by atoms with van der Waals surface area (Å²) in [6.45, 7) is 2.70. The number of carbonyl (C=O) groups excluding carboxylic acids is 2. The van der Waals surface area contributed by atoms with Gasteiger partial charge in [0.1, 0.15) is 0 Å². The molecular weight excluding hydrogens is 338 g/mol. The lowest BCUT2D eigenvalue weighted by Crippen LogP contribution is -2.45. The molecule has 0 atom stereocenters. The first-order valence-electron chi connectivity index (χ1n) is 8.89. The Kier molecular flexibility index (Phi) is 6.85. The molecule has 0 unspecified atom stereocenters. The number of hydrogen-bond donors (Lipinski definition) is 1. The van der Waals surface area contributed by atoms with Gasteiger partial charge in [-0.05, 0) is 56.3 Å². The number of carbonyl (C=O) groups is 2. The maximum absolute atomic E-state index is 12.7. The van der Waals surface area contributed by atoms with Gasteiger partial charge in [0, 0.05) is 44.4 Å². The highest BCUT2D eigenvalue weighted by molar-refractivity contribution is 5.99. The van der Waals surface area contributed by atoms with Crippen LogP contribution in [0, 0.1) is 5.92 Å². The predicted molar refractivity (Wildman–Crippen MR) is 101 cm³/mol. The van der Waals surface area contributed by atoms with E-state index in [1.54, 1.807) is 38.4 Å². The van der Waals surface area contributed by atoms with Crippen LogP contribution in [0.3, 0.4) is 0 Å². The van der Waals surface area contributed by atoms with Crippen LogP contribution < -0.4 is 5.32 Å². The first-order valence-corrected chi connectivity index (χ1v) is 8.89. The summed E-state index contributed by atoms with van der Waals surface area (Å²) in [7, 11) is 3.44. The Morgan fingerprint density at radius 1 is 1.12 bits per heavy atom. The second-order valence-electron chi connectivity index (χ2n) is 7.20. The van der Waals surface area contributed by atoms with Crippen LogP contribution in [0.2, 0.25) is 0 Å². The summed E-state index contributed by atoms with van der Waals surface area (Å²) >= 11 is 0. The summed E-state index contributed by atoms with van der Waals surface area (Å²) < 4.78 is 0. The van der Waals surface area contributed by atoms with Crippen LogP contribution in [-0.2, 0) is 0 Å². The summed E-state index contributed by atoms with van der Waals surface area (Å²) in [6, 6.07) is 7.59. The molecule has 1 aromatic rings. The van der Waals surface area contributed by atoms with Crippen LogP contribution in [0.15, 0.2) is 24.3 Å². The van der Waals surface area contributed by atoms with E-state index in [-0.39, 0.29) is 24.2 Å². The maximum atomic E-state index is 12.7. The Morgan fingerprint density at radius 3 is 2.36 bits per heavy atom. The molecule has 1 saturated carbocycles. The van der Waals surface area contributed by atoms with Gasteiger partial charge in [0.25, 0.3) is 11.8 Å². The number of likely N-dealkylation sites (tertiary alicyclic amines) is 1. The van der Waals surface area contributed by atoms with Gasteiger partial charge < -0.3 is 15.1 Å². The number of nitrogens with one attached hydrogen (secondary N) is 1. The quantitative estimate of drug-likeness (QED) is 0.871. The van der Waals surface area contributed by atoms with E-state index >= 15 is 0 Å². The van der Waals surface area contributed by atoms with Crippen molar-refractivity contribution >= 4 is 24.2 Å². The number of nitrogens with zero attached hydrogens (tertiary/aromatic N) is 2. The van der Waals surface area contributed by atoms with E-state index in [1.165, 1.54) is 17.7 Å². The van der Waals surface area contributed by atoms with Crippen molar-refractivity contribution in [2.45, 2.75) is 31.7 Å². The van der Waals surface area contributed by atoms with E-state index in [2.05, 4.69) is 5.32 Å². The minimum absolute atomic E-state index is 0. The predicted octanol–water partition coefficient (Wildman–Crippen LogP) is 2.41. The molecule has 3 rings (SSSR count). The molecule has 0 bridgehead atoms. The van der Waals surface area contributed by atoms with E-state index in [0.29, 0.717) is 17.2 Å². The molecule has 25 heavy (non-hydrogen) atoms. The molecule has 0 spiro atoms. The number of hydrogen-bond acceptors (Lipinski definition) is 3. The standard InChI is InChI=1S/C19H27N3O2.ClH/c1-21(2)18(23)15-4-3-5-16(12-15)19(24)22-10-8-17(9-11-22)20-13-14-6-7-14;/h3-5,12,14,17,20H,6-11,13H2,1-2H3;1H. The summed E-state index contributed by atoms with van der Waals surface area (Å²) in [5.74, 6) is 0.846. The fourth-order valence-electron chi connectivity index (χ4n) is 3.17. The maximum Gasteiger partial charge on any atom is 0.253 e. The molecule has 1 aliphatic heterocycles. The number of amides is 2. The van der Waals surface area contributed by atoms with Gasteiger partial charge in [0.15, 0.2) is 0 Å². The molecule has 1 saturated heterocycles. The normalized spacial score (nSPS) is 17.8. The minimum atomic E-state index is -0.0763. The van der Waals surface area contributed by atoms with Gasteiger partial charge in [-0.25, -0.2) is 0 Å². The molecule has 138 valence electrons. The Bertz CT molecular complexity index is 608. The molecule has 1 heterocycles. The number of rotatable bonds is 5. The van der Waals surface area contributed by atoms with E-state index in [0.717, 1.165) is 38.4 Å². The monoisotopic (exact) mass is 365 g/mol. The topological polar surface area (TPSA) is 52.7 Å². The van der Waals surface area contributed by atoms with Crippen LogP contribution in [0.5, 0.6) is 0 Å². The summed E-state index contributed by atoms with van der Waals surface area (Å²) in [5.41, 5.74) is 1.17. The van der Waals surface area contributed by atoms with Crippen molar-refractivity contribution < 1.29 is 9.59 Å². The van der Waals surface area contributed by atoms with Crippen molar-refractivity contribution in [3.63, 3.8) is 0 Å². The number of piperidine rings is 1. The molecule has 0 radical (unpaired) electrons. The number of benzene rings is 1. The molecule has 2 amide bonds. The smallest absolute Gasteiger partial charge is 0.253 e. The van der Waals surface area contributed by atoms with Gasteiger partial charge in [-0.3, -0.25) is 9.59 Å². The van der Waals surface area contributed by atoms with Crippen molar-refractivity contribution in [2.24, 2.45) is 5.92 Å². The summed E-state index contributed by atoms with van der Waals surface area (Å²) in [4.78, 5) is 28.2. The van der Waals surface area contributed by atoms with Crippen LogP contribution in [0.4, 0.5) is 0 Å². The molecule has 1 aromatic carbocycles.